The van der Waals surface area contributed by atoms with E-state index in [0.29, 0.717) is 5.92 Å². The Hall–Kier alpha value is -0.890. The molecule has 0 radical (unpaired) electrons. The van der Waals surface area contributed by atoms with Gasteiger partial charge in [0.15, 0.2) is 0 Å². The van der Waals surface area contributed by atoms with Crippen LogP contribution < -0.4 is 5.73 Å². The number of hydrogen-bond acceptors (Lipinski definition) is 2. The van der Waals surface area contributed by atoms with Crippen molar-refractivity contribution in [3.05, 3.63) is 29.6 Å². The minimum absolute atomic E-state index is 0.127. The summed E-state index contributed by atoms with van der Waals surface area (Å²) in [5.41, 5.74) is 8.47. The van der Waals surface area contributed by atoms with Crippen LogP contribution in [0.4, 0.5) is 0 Å². The average molecular weight is 218 g/mol. The first-order chi connectivity index (χ1) is 7.66. The fraction of sp³-hybridized carbons (Fsp3) is 0.643. The van der Waals surface area contributed by atoms with Gasteiger partial charge in [-0.1, -0.05) is 25.8 Å². The second-order valence-corrected chi connectivity index (χ2v) is 5.26. The number of rotatable bonds is 2. The molecule has 3 unspecified atom stereocenters. The molecule has 1 heterocycles. The minimum atomic E-state index is 0.127. The topological polar surface area (TPSA) is 38.9 Å². The number of aryl methyl sites for hydroxylation is 1. The maximum atomic E-state index is 6.34. The van der Waals surface area contributed by atoms with E-state index in [2.05, 4.69) is 24.0 Å². The summed E-state index contributed by atoms with van der Waals surface area (Å²) in [6, 6.07) is 6.28. The summed E-state index contributed by atoms with van der Waals surface area (Å²) in [7, 11) is 0. The first kappa shape index (κ1) is 11.6. The lowest BCUT2D eigenvalue weighted by molar-refractivity contribution is 0.245. The van der Waals surface area contributed by atoms with E-state index < -0.39 is 0 Å². The van der Waals surface area contributed by atoms with Gasteiger partial charge in [-0.25, -0.2) is 0 Å². The summed E-state index contributed by atoms with van der Waals surface area (Å²) in [5.74, 6) is 1.45. The highest BCUT2D eigenvalue weighted by Crippen LogP contribution is 2.35. The molecule has 88 valence electrons. The average Bonchev–Trinajstić information content (AvgIpc) is 2.28. The SMILES string of the molecule is Cc1cccc(C(N)C2CCCC(C)C2)n1. The molecule has 1 aliphatic carbocycles. The predicted molar refractivity (Wildman–Crippen MR) is 67.0 cm³/mol. The zero-order valence-electron chi connectivity index (χ0n) is 10.3. The Bertz CT molecular complexity index is 348. The van der Waals surface area contributed by atoms with Crippen LogP contribution in [0.1, 0.15) is 50.0 Å². The summed E-state index contributed by atoms with van der Waals surface area (Å²) in [6.07, 6.45) is 5.22. The lowest BCUT2D eigenvalue weighted by atomic mass is 9.78. The molecule has 0 amide bonds. The molecule has 2 N–H and O–H groups in total. The van der Waals surface area contributed by atoms with E-state index in [1.165, 1.54) is 25.7 Å². The van der Waals surface area contributed by atoms with Gasteiger partial charge in [0.1, 0.15) is 0 Å². The van der Waals surface area contributed by atoms with Gasteiger partial charge < -0.3 is 5.73 Å². The second-order valence-electron chi connectivity index (χ2n) is 5.26. The first-order valence-electron chi connectivity index (χ1n) is 6.36. The molecule has 1 saturated carbocycles. The summed E-state index contributed by atoms with van der Waals surface area (Å²) in [5, 5.41) is 0. The third-order valence-electron chi connectivity index (χ3n) is 3.74. The smallest absolute Gasteiger partial charge is 0.0577 e. The van der Waals surface area contributed by atoms with Gasteiger partial charge in [-0.05, 0) is 43.7 Å². The Kier molecular flexibility index (Phi) is 3.59. The first-order valence-corrected chi connectivity index (χ1v) is 6.36. The summed E-state index contributed by atoms with van der Waals surface area (Å²) < 4.78 is 0. The molecular weight excluding hydrogens is 196 g/mol. The summed E-state index contributed by atoms with van der Waals surface area (Å²) >= 11 is 0. The van der Waals surface area contributed by atoms with Crippen molar-refractivity contribution < 1.29 is 0 Å². The highest BCUT2D eigenvalue weighted by Gasteiger charge is 2.25. The summed E-state index contributed by atoms with van der Waals surface area (Å²) in [6.45, 7) is 4.36. The van der Waals surface area contributed by atoms with Crippen LogP contribution in [0.25, 0.3) is 0 Å². The van der Waals surface area contributed by atoms with Gasteiger partial charge in [-0.15, -0.1) is 0 Å². The van der Waals surface area contributed by atoms with Crippen LogP contribution in [0.5, 0.6) is 0 Å². The number of aromatic nitrogens is 1. The molecule has 1 aromatic rings. The summed E-state index contributed by atoms with van der Waals surface area (Å²) in [4.78, 5) is 4.55. The third kappa shape index (κ3) is 2.62. The second kappa shape index (κ2) is 4.96. The van der Waals surface area contributed by atoms with Crippen LogP contribution in [0.3, 0.4) is 0 Å². The van der Waals surface area contributed by atoms with Gasteiger partial charge in [0.05, 0.1) is 5.69 Å². The van der Waals surface area contributed by atoms with Gasteiger partial charge >= 0.3 is 0 Å². The normalized spacial score (nSPS) is 27.7. The van der Waals surface area contributed by atoms with Crippen LogP contribution in [-0.2, 0) is 0 Å². The maximum absolute atomic E-state index is 6.34. The van der Waals surface area contributed by atoms with Gasteiger partial charge in [-0.3, -0.25) is 4.98 Å². The minimum Gasteiger partial charge on any atom is -0.322 e. The molecule has 3 atom stereocenters. The maximum Gasteiger partial charge on any atom is 0.0577 e. The van der Waals surface area contributed by atoms with E-state index >= 15 is 0 Å². The van der Waals surface area contributed by atoms with Crippen molar-refractivity contribution in [3.63, 3.8) is 0 Å². The Morgan fingerprint density at radius 1 is 1.38 bits per heavy atom. The Labute approximate surface area is 98.3 Å². The molecule has 0 spiro atoms. The van der Waals surface area contributed by atoms with Crippen molar-refractivity contribution in [3.8, 4) is 0 Å². The molecule has 0 bridgehead atoms. The number of nitrogens with two attached hydrogens (primary N) is 1. The Balaban J connectivity index is 2.09. The van der Waals surface area contributed by atoms with Gasteiger partial charge in [-0.2, -0.15) is 0 Å². The van der Waals surface area contributed by atoms with Crippen molar-refractivity contribution in [2.45, 2.75) is 45.6 Å². The van der Waals surface area contributed by atoms with Crippen LogP contribution in [-0.4, -0.2) is 4.98 Å². The molecule has 1 aliphatic rings. The molecule has 1 aromatic heterocycles. The molecule has 0 saturated heterocycles. The van der Waals surface area contributed by atoms with E-state index in [4.69, 9.17) is 5.73 Å². The van der Waals surface area contributed by atoms with Crippen molar-refractivity contribution in [1.82, 2.24) is 4.98 Å². The molecule has 16 heavy (non-hydrogen) atoms. The predicted octanol–water partition coefficient (Wildman–Crippen LogP) is 3.22. The lowest BCUT2D eigenvalue weighted by Crippen LogP contribution is -2.27. The number of hydrogen-bond donors (Lipinski definition) is 1. The molecular formula is C14H22N2. The molecule has 0 aromatic carbocycles. The van der Waals surface area contributed by atoms with Crippen molar-refractivity contribution in [2.24, 2.45) is 17.6 Å². The standard InChI is InChI=1S/C14H22N2/c1-10-5-3-7-12(9-10)14(15)13-8-4-6-11(2)16-13/h4,6,8,10,12,14H,3,5,7,9,15H2,1-2H3. The van der Waals surface area contributed by atoms with E-state index in [9.17, 15) is 0 Å². The van der Waals surface area contributed by atoms with E-state index in [0.717, 1.165) is 17.3 Å². The zero-order valence-corrected chi connectivity index (χ0v) is 10.3. The van der Waals surface area contributed by atoms with Gasteiger partial charge in [0.2, 0.25) is 0 Å². The van der Waals surface area contributed by atoms with Crippen molar-refractivity contribution >= 4 is 0 Å². The van der Waals surface area contributed by atoms with E-state index in [1.807, 2.05) is 13.0 Å². The van der Waals surface area contributed by atoms with Gasteiger partial charge in [0.25, 0.3) is 0 Å². The van der Waals surface area contributed by atoms with Crippen molar-refractivity contribution in [1.29, 1.82) is 0 Å². The van der Waals surface area contributed by atoms with Crippen LogP contribution in [0.2, 0.25) is 0 Å². The van der Waals surface area contributed by atoms with Crippen LogP contribution in [0, 0.1) is 18.8 Å². The fourth-order valence-electron chi connectivity index (χ4n) is 2.80. The monoisotopic (exact) mass is 218 g/mol. The molecule has 2 heteroatoms. The van der Waals surface area contributed by atoms with Crippen molar-refractivity contribution in [2.75, 3.05) is 0 Å². The highest BCUT2D eigenvalue weighted by molar-refractivity contribution is 5.14. The molecule has 0 aliphatic heterocycles. The molecule has 2 rings (SSSR count). The largest absolute Gasteiger partial charge is 0.322 e. The Morgan fingerprint density at radius 2 is 2.19 bits per heavy atom. The third-order valence-corrected chi connectivity index (χ3v) is 3.74. The van der Waals surface area contributed by atoms with E-state index in [-0.39, 0.29) is 6.04 Å². The van der Waals surface area contributed by atoms with E-state index in [1.54, 1.807) is 0 Å². The Morgan fingerprint density at radius 3 is 2.88 bits per heavy atom. The van der Waals surface area contributed by atoms with Crippen LogP contribution >= 0.6 is 0 Å². The quantitative estimate of drug-likeness (QED) is 0.827. The molecule has 2 nitrogen and oxygen atoms in total. The number of pyridine rings is 1. The molecule has 1 fully saturated rings. The highest BCUT2D eigenvalue weighted by atomic mass is 14.8. The zero-order chi connectivity index (χ0) is 11.5. The van der Waals surface area contributed by atoms with Crippen LogP contribution in [0.15, 0.2) is 18.2 Å². The number of nitrogens with zero attached hydrogens (tertiary/aromatic N) is 1. The lowest BCUT2D eigenvalue weighted by Gasteiger charge is -2.30. The fourth-order valence-corrected chi connectivity index (χ4v) is 2.80. The van der Waals surface area contributed by atoms with Gasteiger partial charge in [0, 0.05) is 11.7 Å².